The van der Waals surface area contributed by atoms with Gasteiger partial charge in [-0.2, -0.15) is 0 Å². The minimum Gasteiger partial charge on any atom is -0.440 e. The summed E-state index contributed by atoms with van der Waals surface area (Å²) in [6.45, 7) is 1.33. The summed E-state index contributed by atoms with van der Waals surface area (Å²) in [6, 6.07) is 15.4. The van der Waals surface area contributed by atoms with Gasteiger partial charge in [-0.05, 0) is 36.6 Å². The number of carbonyl (C=O) groups is 1. The molecule has 1 aliphatic rings. The number of rotatable bonds is 5. The lowest BCUT2D eigenvalue weighted by Gasteiger charge is -2.10. The van der Waals surface area contributed by atoms with E-state index in [-0.39, 0.29) is 12.0 Å². The summed E-state index contributed by atoms with van der Waals surface area (Å²) in [7, 11) is 0. The van der Waals surface area contributed by atoms with E-state index >= 15 is 0 Å². The maximum absolute atomic E-state index is 12.3. The summed E-state index contributed by atoms with van der Waals surface area (Å²) in [4.78, 5) is 16.8. The summed E-state index contributed by atoms with van der Waals surface area (Å²) in [6.07, 6.45) is 2.84. The molecule has 5 nitrogen and oxygen atoms in total. The van der Waals surface area contributed by atoms with Crippen LogP contribution in [0.1, 0.15) is 34.7 Å². The molecule has 0 spiro atoms. The molecule has 1 aliphatic heterocycles. The second-order valence-corrected chi connectivity index (χ2v) is 6.30. The van der Waals surface area contributed by atoms with Crippen molar-refractivity contribution in [2.45, 2.75) is 25.4 Å². The molecule has 1 fully saturated rings. The third-order valence-electron chi connectivity index (χ3n) is 4.41. The van der Waals surface area contributed by atoms with Crippen LogP contribution >= 0.6 is 0 Å². The molecule has 0 aliphatic carbocycles. The number of oxazole rings is 1. The number of ether oxygens (including phenoxy) is 1. The number of amides is 1. The number of aromatic nitrogens is 1. The maximum atomic E-state index is 12.3. The van der Waals surface area contributed by atoms with Crippen LogP contribution < -0.4 is 5.32 Å². The Kier molecular flexibility index (Phi) is 4.48. The Morgan fingerprint density at radius 2 is 2.08 bits per heavy atom. The molecule has 4 rings (SSSR count). The van der Waals surface area contributed by atoms with Crippen LogP contribution in [-0.4, -0.2) is 30.1 Å². The highest BCUT2D eigenvalue weighted by atomic mass is 16.5. The van der Waals surface area contributed by atoms with E-state index in [2.05, 4.69) is 10.3 Å². The first-order chi connectivity index (χ1) is 12.3. The molecule has 128 valence electrons. The fourth-order valence-electron chi connectivity index (χ4n) is 3.07. The van der Waals surface area contributed by atoms with E-state index in [1.165, 1.54) is 0 Å². The van der Waals surface area contributed by atoms with E-state index < -0.39 is 0 Å². The zero-order valence-electron chi connectivity index (χ0n) is 13.9. The average molecular weight is 336 g/mol. The number of nitrogens with one attached hydrogen (secondary N) is 1. The Hall–Kier alpha value is -2.66. The van der Waals surface area contributed by atoms with E-state index in [9.17, 15) is 4.79 Å². The third kappa shape index (κ3) is 3.72. The second kappa shape index (κ2) is 7.07. The van der Waals surface area contributed by atoms with Crippen molar-refractivity contribution in [1.82, 2.24) is 10.3 Å². The minimum atomic E-state index is -0.113. The molecule has 0 saturated carbocycles. The first kappa shape index (κ1) is 15.8. The molecule has 25 heavy (non-hydrogen) atoms. The van der Waals surface area contributed by atoms with Gasteiger partial charge >= 0.3 is 0 Å². The van der Waals surface area contributed by atoms with Crippen molar-refractivity contribution >= 4 is 17.0 Å². The largest absolute Gasteiger partial charge is 0.440 e. The number of hydrogen-bond donors (Lipinski definition) is 1. The lowest BCUT2D eigenvalue weighted by Crippen LogP contribution is -2.31. The number of benzene rings is 2. The quantitative estimate of drug-likeness (QED) is 0.776. The number of hydrogen-bond acceptors (Lipinski definition) is 4. The monoisotopic (exact) mass is 336 g/mol. The standard InChI is InChI=1S/C20H20N2O3/c23-20(21-13-16-7-4-10-24-16)15-8-9-17-18(12-15)25-19(22-17)11-14-5-2-1-3-6-14/h1-3,5-6,8-9,12,16H,4,7,10-11,13H2,(H,21,23)/t16-/m1/s1. The van der Waals surface area contributed by atoms with Gasteiger partial charge in [-0.1, -0.05) is 30.3 Å². The molecule has 1 atom stereocenters. The molecule has 2 aromatic carbocycles. The fraction of sp³-hybridized carbons (Fsp3) is 0.300. The summed E-state index contributed by atoms with van der Waals surface area (Å²) >= 11 is 0. The highest BCUT2D eigenvalue weighted by molar-refractivity contribution is 5.97. The van der Waals surface area contributed by atoms with Crippen molar-refractivity contribution in [2.24, 2.45) is 0 Å². The van der Waals surface area contributed by atoms with Crippen LogP contribution in [0.5, 0.6) is 0 Å². The van der Waals surface area contributed by atoms with Gasteiger partial charge in [0.2, 0.25) is 0 Å². The van der Waals surface area contributed by atoms with Gasteiger partial charge in [0.05, 0.1) is 6.10 Å². The second-order valence-electron chi connectivity index (χ2n) is 6.30. The van der Waals surface area contributed by atoms with Gasteiger partial charge in [0.15, 0.2) is 11.5 Å². The average Bonchev–Trinajstić information content (AvgIpc) is 3.29. The van der Waals surface area contributed by atoms with Gasteiger partial charge in [-0.25, -0.2) is 4.98 Å². The van der Waals surface area contributed by atoms with Crippen LogP contribution in [0.2, 0.25) is 0 Å². The smallest absolute Gasteiger partial charge is 0.251 e. The van der Waals surface area contributed by atoms with Gasteiger partial charge in [0, 0.05) is 25.1 Å². The lowest BCUT2D eigenvalue weighted by molar-refractivity contribution is 0.0858. The maximum Gasteiger partial charge on any atom is 0.251 e. The van der Waals surface area contributed by atoms with Crippen molar-refractivity contribution < 1.29 is 13.9 Å². The molecule has 2 heterocycles. The third-order valence-corrected chi connectivity index (χ3v) is 4.41. The molecule has 1 N–H and O–H groups in total. The number of nitrogens with zero attached hydrogens (tertiary/aromatic N) is 1. The SMILES string of the molecule is O=C(NC[C@H]1CCCO1)c1ccc2nc(Cc3ccccc3)oc2c1. The topological polar surface area (TPSA) is 64.4 Å². The summed E-state index contributed by atoms with van der Waals surface area (Å²) < 4.78 is 11.4. The van der Waals surface area contributed by atoms with Crippen LogP contribution in [0.15, 0.2) is 52.9 Å². The van der Waals surface area contributed by atoms with E-state index in [1.807, 2.05) is 36.4 Å². The zero-order valence-corrected chi connectivity index (χ0v) is 13.9. The number of fused-ring (bicyclic) bond motifs is 1. The van der Waals surface area contributed by atoms with Crippen molar-refractivity contribution in [3.05, 3.63) is 65.5 Å². The van der Waals surface area contributed by atoms with E-state index in [4.69, 9.17) is 9.15 Å². The number of carbonyl (C=O) groups excluding carboxylic acids is 1. The van der Waals surface area contributed by atoms with Gasteiger partial charge in [-0.3, -0.25) is 4.79 Å². The van der Waals surface area contributed by atoms with E-state index in [0.29, 0.717) is 30.0 Å². The Balaban J connectivity index is 1.46. The predicted molar refractivity (Wildman–Crippen MR) is 94.6 cm³/mol. The van der Waals surface area contributed by atoms with E-state index in [0.717, 1.165) is 30.5 Å². The Bertz CT molecular complexity index is 867. The van der Waals surface area contributed by atoms with Crippen LogP contribution in [0, 0.1) is 0 Å². The lowest BCUT2D eigenvalue weighted by atomic mass is 10.1. The van der Waals surface area contributed by atoms with Crippen molar-refractivity contribution in [1.29, 1.82) is 0 Å². The molecule has 1 amide bonds. The van der Waals surface area contributed by atoms with Gasteiger partial charge in [-0.15, -0.1) is 0 Å². The molecular weight excluding hydrogens is 316 g/mol. The molecule has 3 aromatic rings. The molecule has 0 unspecified atom stereocenters. The summed E-state index contributed by atoms with van der Waals surface area (Å²) in [5.41, 5.74) is 3.12. The highest BCUT2D eigenvalue weighted by Gasteiger charge is 2.17. The Morgan fingerprint density at radius 3 is 2.88 bits per heavy atom. The molecule has 0 bridgehead atoms. The van der Waals surface area contributed by atoms with Gasteiger partial charge < -0.3 is 14.5 Å². The molecule has 5 heteroatoms. The van der Waals surface area contributed by atoms with Crippen LogP contribution in [0.3, 0.4) is 0 Å². The Labute approximate surface area is 146 Å². The van der Waals surface area contributed by atoms with Gasteiger partial charge in [0.25, 0.3) is 5.91 Å². The van der Waals surface area contributed by atoms with Crippen molar-refractivity contribution in [2.75, 3.05) is 13.2 Å². The van der Waals surface area contributed by atoms with Crippen molar-refractivity contribution in [3.8, 4) is 0 Å². The van der Waals surface area contributed by atoms with Crippen LogP contribution in [-0.2, 0) is 11.2 Å². The predicted octanol–water partition coefficient (Wildman–Crippen LogP) is 3.33. The van der Waals surface area contributed by atoms with Crippen LogP contribution in [0.4, 0.5) is 0 Å². The van der Waals surface area contributed by atoms with Gasteiger partial charge in [0.1, 0.15) is 5.52 Å². The summed E-state index contributed by atoms with van der Waals surface area (Å²) in [5.74, 6) is 0.538. The molecule has 1 saturated heterocycles. The van der Waals surface area contributed by atoms with Crippen LogP contribution in [0.25, 0.3) is 11.1 Å². The Morgan fingerprint density at radius 1 is 1.20 bits per heavy atom. The molecule has 0 radical (unpaired) electrons. The first-order valence-corrected chi connectivity index (χ1v) is 8.61. The molecular formula is C20H20N2O3. The normalized spacial score (nSPS) is 17.0. The first-order valence-electron chi connectivity index (χ1n) is 8.61. The molecule has 1 aromatic heterocycles. The van der Waals surface area contributed by atoms with E-state index in [1.54, 1.807) is 12.1 Å². The fourth-order valence-corrected chi connectivity index (χ4v) is 3.07. The van der Waals surface area contributed by atoms with Crippen molar-refractivity contribution in [3.63, 3.8) is 0 Å². The summed E-state index contributed by atoms with van der Waals surface area (Å²) in [5, 5.41) is 2.93. The minimum absolute atomic E-state index is 0.113. The zero-order chi connectivity index (χ0) is 17.1. The highest BCUT2D eigenvalue weighted by Crippen LogP contribution is 2.19.